The van der Waals surface area contributed by atoms with Crippen LogP contribution in [0.2, 0.25) is 0 Å². The molecular weight excluding hydrogens is 172 g/mol. The van der Waals surface area contributed by atoms with Gasteiger partial charge in [0, 0.05) is 18.6 Å². The summed E-state index contributed by atoms with van der Waals surface area (Å²) in [5.41, 5.74) is 0.483. The lowest BCUT2D eigenvalue weighted by Crippen LogP contribution is -2.58. The molecule has 0 N–H and O–H groups in total. The first-order valence-corrected chi connectivity index (χ1v) is 5.93. The molecule has 2 saturated heterocycles. The number of rotatable bonds is 1. The molecule has 2 atom stereocenters. The van der Waals surface area contributed by atoms with E-state index in [2.05, 4.69) is 32.6 Å². The van der Waals surface area contributed by atoms with Crippen LogP contribution in [0.1, 0.15) is 47.0 Å². The molecule has 81 valence electrons. The van der Waals surface area contributed by atoms with Gasteiger partial charge in [-0.25, -0.2) is 5.32 Å². The first-order valence-electron chi connectivity index (χ1n) is 5.93. The van der Waals surface area contributed by atoms with Gasteiger partial charge in [0.2, 0.25) is 0 Å². The summed E-state index contributed by atoms with van der Waals surface area (Å²) < 4.78 is 0. The Morgan fingerprint density at radius 1 is 1.29 bits per heavy atom. The van der Waals surface area contributed by atoms with Gasteiger partial charge < -0.3 is 0 Å². The maximum atomic E-state index is 4.85. The highest BCUT2D eigenvalue weighted by atomic mass is 15.4. The molecule has 2 aliphatic heterocycles. The molecule has 0 aromatic heterocycles. The Hall–Kier alpha value is -0.0800. The van der Waals surface area contributed by atoms with Gasteiger partial charge in [-0.3, -0.25) is 4.90 Å². The Morgan fingerprint density at radius 2 is 2.00 bits per heavy atom. The molecule has 0 spiro atoms. The minimum absolute atomic E-state index is 0.125. The molecule has 0 aromatic carbocycles. The van der Waals surface area contributed by atoms with Gasteiger partial charge in [-0.2, -0.15) is 0 Å². The maximum absolute atomic E-state index is 4.85. The van der Waals surface area contributed by atoms with E-state index in [1.54, 1.807) is 0 Å². The summed E-state index contributed by atoms with van der Waals surface area (Å²) in [6, 6.07) is 0. The molecule has 14 heavy (non-hydrogen) atoms. The lowest BCUT2D eigenvalue weighted by Gasteiger charge is -2.46. The highest BCUT2D eigenvalue weighted by molar-refractivity contribution is 5.02. The molecule has 2 fully saturated rings. The van der Waals surface area contributed by atoms with E-state index in [0.29, 0.717) is 5.54 Å². The minimum atomic E-state index is 0.125. The molecule has 2 heterocycles. The van der Waals surface area contributed by atoms with Crippen molar-refractivity contribution in [3.8, 4) is 0 Å². The fourth-order valence-electron chi connectivity index (χ4n) is 3.21. The number of hydrogen-bond acceptors (Lipinski definition) is 1. The quantitative estimate of drug-likeness (QED) is 0.627. The van der Waals surface area contributed by atoms with Gasteiger partial charge in [0.05, 0.1) is 5.66 Å². The lowest BCUT2D eigenvalue weighted by molar-refractivity contribution is 0.00119. The Morgan fingerprint density at radius 3 is 2.43 bits per heavy atom. The van der Waals surface area contributed by atoms with E-state index in [0.717, 1.165) is 12.5 Å². The molecule has 0 aliphatic carbocycles. The first-order chi connectivity index (χ1) is 6.47. The molecule has 2 rings (SSSR count). The third kappa shape index (κ3) is 1.40. The van der Waals surface area contributed by atoms with Gasteiger partial charge in [-0.15, -0.1) is 0 Å². The number of hydrogen-bond donors (Lipinski definition) is 0. The van der Waals surface area contributed by atoms with Crippen LogP contribution in [-0.2, 0) is 0 Å². The zero-order valence-electron chi connectivity index (χ0n) is 10.0. The number of likely N-dealkylation sites (tertiary alicyclic amines) is 1. The molecule has 1 radical (unpaired) electrons. The summed E-state index contributed by atoms with van der Waals surface area (Å²) in [6.07, 6.45) is 3.93. The van der Waals surface area contributed by atoms with Gasteiger partial charge >= 0.3 is 0 Å². The first kappa shape index (κ1) is 10.4. The molecule has 2 nitrogen and oxygen atoms in total. The van der Waals surface area contributed by atoms with Crippen LogP contribution in [0.4, 0.5) is 0 Å². The van der Waals surface area contributed by atoms with Gasteiger partial charge in [0.25, 0.3) is 0 Å². The molecular formula is C12H23N2. The highest BCUT2D eigenvalue weighted by Gasteiger charge is 2.49. The zero-order valence-corrected chi connectivity index (χ0v) is 10.0. The molecule has 0 amide bonds. The van der Waals surface area contributed by atoms with Crippen molar-refractivity contribution in [1.29, 1.82) is 0 Å². The molecule has 2 heteroatoms. The van der Waals surface area contributed by atoms with Crippen molar-refractivity contribution >= 4 is 0 Å². The molecule has 0 bridgehead atoms. The van der Waals surface area contributed by atoms with Crippen molar-refractivity contribution in [3.63, 3.8) is 0 Å². The van der Waals surface area contributed by atoms with Crippen molar-refractivity contribution in [2.45, 2.75) is 58.2 Å². The highest BCUT2D eigenvalue weighted by Crippen LogP contribution is 2.40. The predicted octanol–water partition coefficient (Wildman–Crippen LogP) is 2.22. The third-order valence-electron chi connectivity index (χ3n) is 4.38. The van der Waals surface area contributed by atoms with Crippen LogP contribution < -0.4 is 5.32 Å². The molecule has 0 saturated carbocycles. The summed E-state index contributed by atoms with van der Waals surface area (Å²) in [4.78, 5) is 2.64. The fraction of sp³-hybridized carbons (Fsp3) is 1.00. The molecule has 0 aromatic rings. The topological polar surface area (TPSA) is 17.3 Å². The standard InChI is InChI=1S/C12H23N2/c1-10-6-8-13-12(10,4)14-9-5-7-11(14,2)3/h10H,5-9H2,1-4H3. The van der Waals surface area contributed by atoms with Crippen molar-refractivity contribution in [2.75, 3.05) is 13.1 Å². The van der Waals surface area contributed by atoms with E-state index in [1.165, 1.54) is 25.8 Å². The summed E-state index contributed by atoms with van der Waals surface area (Å²) in [6.45, 7) is 11.7. The Labute approximate surface area is 88.1 Å². The van der Waals surface area contributed by atoms with E-state index >= 15 is 0 Å². The molecule has 2 aliphatic rings. The molecule has 2 unspecified atom stereocenters. The van der Waals surface area contributed by atoms with E-state index in [4.69, 9.17) is 5.32 Å². The summed E-state index contributed by atoms with van der Waals surface area (Å²) in [5.74, 6) is 0.722. The van der Waals surface area contributed by atoms with Crippen LogP contribution in [0, 0.1) is 5.92 Å². The minimum Gasteiger partial charge on any atom is -0.279 e. The average Bonchev–Trinajstić information content (AvgIpc) is 2.58. The van der Waals surface area contributed by atoms with Crippen LogP contribution in [0.5, 0.6) is 0 Å². The van der Waals surface area contributed by atoms with Crippen LogP contribution in [0.25, 0.3) is 0 Å². The van der Waals surface area contributed by atoms with E-state index < -0.39 is 0 Å². The summed E-state index contributed by atoms with van der Waals surface area (Å²) in [7, 11) is 0. The fourth-order valence-corrected chi connectivity index (χ4v) is 3.21. The van der Waals surface area contributed by atoms with E-state index in [-0.39, 0.29) is 5.66 Å². The Bertz CT molecular complexity index is 224. The van der Waals surface area contributed by atoms with E-state index in [9.17, 15) is 0 Å². The Kier molecular flexibility index (Phi) is 2.39. The van der Waals surface area contributed by atoms with Crippen molar-refractivity contribution in [1.82, 2.24) is 10.2 Å². The van der Waals surface area contributed by atoms with Gasteiger partial charge in [0.1, 0.15) is 0 Å². The monoisotopic (exact) mass is 195 g/mol. The SMILES string of the molecule is CC1CC[N]C1(C)N1CCCC1(C)C. The van der Waals surface area contributed by atoms with Crippen molar-refractivity contribution in [3.05, 3.63) is 0 Å². The van der Waals surface area contributed by atoms with Gasteiger partial charge in [0.15, 0.2) is 0 Å². The summed E-state index contributed by atoms with van der Waals surface area (Å²) in [5, 5.41) is 4.85. The number of nitrogens with zero attached hydrogens (tertiary/aromatic N) is 2. The normalized spacial score (nSPS) is 43.3. The van der Waals surface area contributed by atoms with Crippen LogP contribution in [0.3, 0.4) is 0 Å². The Balaban J connectivity index is 2.21. The third-order valence-corrected chi connectivity index (χ3v) is 4.38. The second kappa shape index (κ2) is 3.21. The average molecular weight is 195 g/mol. The zero-order chi connectivity index (χ0) is 10.4. The van der Waals surface area contributed by atoms with Gasteiger partial charge in [-0.05, 0) is 46.0 Å². The van der Waals surface area contributed by atoms with E-state index in [1.807, 2.05) is 0 Å². The van der Waals surface area contributed by atoms with Crippen LogP contribution in [-0.4, -0.2) is 29.2 Å². The van der Waals surface area contributed by atoms with Crippen LogP contribution >= 0.6 is 0 Å². The maximum Gasteiger partial charge on any atom is 0.0875 e. The van der Waals surface area contributed by atoms with Crippen molar-refractivity contribution in [2.24, 2.45) is 5.92 Å². The summed E-state index contributed by atoms with van der Waals surface area (Å²) >= 11 is 0. The smallest absolute Gasteiger partial charge is 0.0875 e. The largest absolute Gasteiger partial charge is 0.279 e. The van der Waals surface area contributed by atoms with Crippen LogP contribution in [0.15, 0.2) is 0 Å². The van der Waals surface area contributed by atoms with Gasteiger partial charge in [-0.1, -0.05) is 6.92 Å². The second-order valence-electron chi connectivity index (χ2n) is 5.73. The second-order valence-corrected chi connectivity index (χ2v) is 5.73. The lowest BCUT2D eigenvalue weighted by atomic mass is 9.91. The predicted molar refractivity (Wildman–Crippen MR) is 59.2 cm³/mol. The van der Waals surface area contributed by atoms with Crippen molar-refractivity contribution < 1.29 is 0 Å².